The number of para-hydroxylation sites is 2. The van der Waals surface area contributed by atoms with E-state index in [0.29, 0.717) is 47.4 Å². The molecule has 3 aromatic heterocycles. The number of nitrogens with zero attached hydrogens (tertiary/aromatic N) is 4. The number of aromatic amines is 1. The molecule has 4 heterocycles. The summed E-state index contributed by atoms with van der Waals surface area (Å²) >= 11 is 0. The van der Waals surface area contributed by atoms with Crippen LogP contribution in [0, 0.1) is 0 Å². The number of rotatable bonds is 6. The van der Waals surface area contributed by atoms with Gasteiger partial charge in [0.25, 0.3) is 5.91 Å². The topological polar surface area (TPSA) is 105 Å². The van der Waals surface area contributed by atoms with Crippen LogP contribution in [-0.2, 0) is 0 Å². The smallest absolute Gasteiger partial charge is 0.270 e. The number of carbonyl (C=O) groups excluding carboxylic acids is 1. The molecule has 0 saturated carbocycles. The predicted octanol–water partition coefficient (Wildman–Crippen LogP) is 5.28. The minimum atomic E-state index is -0.0179. The Morgan fingerprint density at radius 2 is 1.70 bits per heavy atom. The Hall–Kier alpha value is -5.18. The molecule has 0 bridgehead atoms. The highest BCUT2D eigenvalue weighted by Crippen LogP contribution is 2.36. The van der Waals surface area contributed by atoms with Gasteiger partial charge in [-0.25, -0.2) is 9.97 Å². The number of ether oxygens (including phenoxy) is 2. The van der Waals surface area contributed by atoms with Gasteiger partial charge >= 0.3 is 0 Å². The average molecular weight is 531 g/mol. The SMILES string of the molecule is COc1cc2nc(-c3cccc4cccnc34)nc(NC3CN(C(=O)c4cc5ccccc5[nH]4)C3)c2cc1OC. The minimum Gasteiger partial charge on any atom is -0.493 e. The van der Waals surface area contributed by atoms with Crippen molar-refractivity contribution in [1.82, 2.24) is 24.8 Å². The first-order valence-corrected chi connectivity index (χ1v) is 13.0. The van der Waals surface area contributed by atoms with Gasteiger partial charge in [-0.2, -0.15) is 0 Å². The van der Waals surface area contributed by atoms with E-state index in [2.05, 4.69) is 15.3 Å². The highest BCUT2D eigenvalue weighted by atomic mass is 16.5. The van der Waals surface area contributed by atoms with E-state index in [9.17, 15) is 4.79 Å². The Balaban J connectivity index is 1.23. The lowest BCUT2D eigenvalue weighted by molar-refractivity contribution is 0.0620. The van der Waals surface area contributed by atoms with Gasteiger partial charge in [0.2, 0.25) is 0 Å². The summed E-state index contributed by atoms with van der Waals surface area (Å²) < 4.78 is 11.1. The van der Waals surface area contributed by atoms with Crippen LogP contribution in [0.2, 0.25) is 0 Å². The van der Waals surface area contributed by atoms with Crippen molar-refractivity contribution in [3.8, 4) is 22.9 Å². The molecule has 9 heteroatoms. The Labute approximate surface area is 229 Å². The highest BCUT2D eigenvalue weighted by Gasteiger charge is 2.33. The Morgan fingerprint density at radius 3 is 2.52 bits per heavy atom. The maximum Gasteiger partial charge on any atom is 0.270 e. The number of methoxy groups -OCH3 is 2. The molecule has 0 spiro atoms. The molecule has 2 N–H and O–H groups in total. The van der Waals surface area contributed by atoms with Gasteiger partial charge in [0, 0.05) is 52.6 Å². The summed E-state index contributed by atoms with van der Waals surface area (Å²) in [6.07, 6.45) is 1.77. The molecule has 1 fully saturated rings. The van der Waals surface area contributed by atoms with E-state index in [0.717, 1.165) is 32.8 Å². The first-order valence-electron chi connectivity index (χ1n) is 13.0. The average Bonchev–Trinajstić information content (AvgIpc) is 3.42. The number of carbonyl (C=O) groups is 1. The van der Waals surface area contributed by atoms with Crippen molar-refractivity contribution in [3.63, 3.8) is 0 Å². The molecular formula is C31H26N6O3. The molecule has 0 radical (unpaired) electrons. The van der Waals surface area contributed by atoms with Gasteiger partial charge in [-0.3, -0.25) is 9.78 Å². The number of pyridine rings is 1. The number of H-pyrrole nitrogens is 1. The van der Waals surface area contributed by atoms with Gasteiger partial charge in [0.05, 0.1) is 31.3 Å². The first-order chi connectivity index (χ1) is 19.6. The van der Waals surface area contributed by atoms with Crippen molar-refractivity contribution >= 4 is 44.4 Å². The quantitative estimate of drug-likeness (QED) is 0.302. The van der Waals surface area contributed by atoms with E-state index < -0.39 is 0 Å². The van der Waals surface area contributed by atoms with E-state index in [1.54, 1.807) is 20.4 Å². The third-order valence-corrected chi connectivity index (χ3v) is 7.34. The van der Waals surface area contributed by atoms with Crippen LogP contribution in [-0.4, -0.2) is 64.1 Å². The maximum atomic E-state index is 13.1. The molecule has 1 aliphatic heterocycles. The van der Waals surface area contributed by atoms with Gasteiger partial charge in [-0.15, -0.1) is 0 Å². The zero-order valence-electron chi connectivity index (χ0n) is 22.0. The molecule has 0 aliphatic carbocycles. The number of nitrogens with one attached hydrogen (secondary N) is 2. The second kappa shape index (κ2) is 9.53. The molecule has 0 unspecified atom stereocenters. The second-order valence-corrected chi connectivity index (χ2v) is 9.82. The fourth-order valence-electron chi connectivity index (χ4n) is 5.26. The van der Waals surface area contributed by atoms with Crippen LogP contribution in [0.25, 0.3) is 44.1 Å². The van der Waals surface area contributed by atoms with Gasteiger partial charge in [0.1, 0.15) is 11.5 Å². The third kappa shape index (κ3) is 4.03. The first kappa shape index (κ1) is 23.9. The van der Waals surface area contributed by atoms with Crippen molar-refractivity contribution in [3.05, 3.63) is 84.7 Å². The summed E-state index contributed by atoms with van der Waals surface area (Å²) in [5, 5.41) is 6.39. The summed E-state index contributed by atoms with van der Waals surface area (Å²) in [6, 6.07) is 23.5. The number of hydrogen-bond acceptors (Lipinski definition) is 7. The number of aromatic nitrogens is 4. The number of likely N-dealkylation sites (tertiary alicyclic amines) is 1. The summed E-state index contributed by atoms with van der Waals surface area (Å²) in [5.41, 5.74) is 3.92. The van der Waals surface area contributed by atoms with Crippen molar-refractivity contribution in [2.45, 2.75) is 6.04 Å². The molecule has 1 aliphatic rings. The lowest BCUT2D eigenvalue weighted by atomic mass is 10.1. The molecule has 9 nitrogen and oxygen atoms in total. The van der Waals surface area contributed by atoms with Gasteiger partial charge in [-0.05, 0) is 30.3 Å². The van der Waals surface area contributed by atoms with Crippen LogP contribution in [0.5, 0.6) is 11.5 Å². The lowest BCUT2D eigenvalue weighted by Crippen LogP contribution is -2.57. The summed E-state index contributed by atoms with van der Waals surface area (Å²) in [7, 11) is 3.21. The second-order valence-electron chi connectivity index (χ2n) is 9.82. The number of fused-ring (bicyclic) bond motifs is 3. The zero-order valence-corrected chi connectivity index (χ0v) is 22.0. The summed E-state index contributed by atoms with van der Waals surface area (Å²) in [5.74, 6) is 2.37. The summed E-state index contributed by atoms with van der Waals surface area (Å²) in [6.45, 7) is 1.11. The Kier molecular flexibility index (Phi) is 5.70. The molecule has 6 aromatic rings. The van der Waals surface area contributed by atoms with E-state index in [-0.39, 0.29) is 11.9 Å². The fourth-order valence-corrected chi connectivity index (χ4v) is 5.26. The van der Waals surface area contributed by atoms with Gasteiger partial charge in [-0.1, -0.05) is 36.4 Å². The van der Waals surface area contributed by atoms with E-state index >= 15 is 0 Å². The molecule has 40 heavy (non-hydrogen) atoms. The standard InChI is InChI=1S/C31H26N6O3/c1-39-26-14-22-24(15-27(26)40-2)35-29(21-10-5-8-18-9-6-12-32-28(18)21)36-30(22)33-20-16-37(17-20)31(38)25-13-19-7-3-4-11-23(19)34-25/h3-15,20,34H,16-17H2,1-2H3,(H,33,35,36). The van der Waals surface area contributed by atoms with Crippen LogP contribution < -0.4 is 14.8 Å². The predicted molar refractivity (Wildman–Crippen MR) is 155 cm³/mol. The number of amides is 1. The molecule has 1 amide bonds. The lowest BCUT2D eigenvalue weighted by Gasteiger charge is -2.39. The molecule has 1 saturated heterocycles. The number of benzene rings is 3. The molecule has 7 rings (SSSR count). The van der Waals surface area contributed by atoms with E-state index in [4.69, 9.17) is 19.4 Å². The monoisotopic (exact) mass is 530 g/mol. The number of hydrogen-bond donors (Lipinski definition) is 2. The normalized spacial score (nSPS) is 13.5. The Bertz CT molecular complexity index is 1870. The Morgan fingerprint density at radius 1 is 0.925 bits per heavy atom. The van der Waals surface area contributed by atoms with Gasteiger partial charge < -0.3 is 24.7 Å². The van der Waals surface area contributed by atoms with Crippen LogP contribution >= 0.6 is 0 Å². The molecule has 0 atom stereocenters. The van der Waals surface area contributed by atoms with Gasteiger partial charge in [0.15, 0.2) is 17.3 Å². The maximum absolute atomic E-state index is 13.1. The van der Waals surface area contributed by atoms with Crippen molar-refractivity contribution in [2.24, 2.45) is 0 Å². The minimum absolute atomic E-state index is 0.0179. The molecule has 198 valence electrons. The number of anilines is 1. The third-order valence-electron chi connectivity index (χ3n) is 7.34. The van der Waals surface area contributed by atoms with Crippen LogP contribution in [0.3, 0.4) is 0 Å². The fraction of sp³-hybridized carbons (Fsp3) is 0.161. The van der Waals surface area contributed by atoms with E-state index in [1.807, 2.05) is 77.7 Å². The highest BCUT2D eigenvalue weighted by molar-refractivity contribution is 5.99. The van der Waals surface area contributed by atoms with Crippen LogP contribution in [0.4, 0.5) is 5.82 Å². The van der Waals surface area contributed by atoms with Crippen molar-refractivity contribution in [2.75, 3.05) is 32.6 Å². The summed E-state index contributed by atoms with van der Waals surface area (Å²) in [4.78, 5) is 32.6. The van der Waals surface area contributed by atoms with Crippen molar-refractivity contribution in [1.29, 1.82) is 0 Å². The van der Waals surface area contributed by atoms with E-state index in [1.165, 1.54) is 0 Å². The van der Waals surface area contributed by atoms with Crippen LogP contribution in [0.15, 0.2) is 79.0 Å². The van der Waals surface area contributed by atoms with Crippen LogP contribution in [0.1, 0.15) is 10.5 Å². The molecular weight excluding hydrogens is 504 g/mol. The zero-order chi connectivity index (χ0) is 27.2. The largest absolute Gasteiger partial charge is 0.493 e. The molecule has 3 aromatic carbocycles. The van der Waals surface area contributed by atoms with Crippen molar-refractivity contribution < 1.29 is 14.3 Å².